The van der Waals surface area contributed by atoms with E-state index in [9.17, 15) is 4.79 Å². The van der Waals surface area contributed by atoms with Crippen LogP contribution in [0, 0.1) is 5.92 Å². The maximum absolute atomic E-state index is 12.0. The normalized spacial score (nSPS) is 11.5. The molecule has 0 heterocycles. The lowest BCUT2D eigenvalue weighted by Crippen LogP contribution is -2.23. The zero-order chi connectivity index (χ0) is 23.0. The summed E-state index contributed by atoms with van der Waals surface area (Å²) < 4.78 is 5.51. The van der Waals surface area contributed by atoms with Crippen molar-refractivity contribution >= 4 is 5.97 Å². The molecular formula is C28H57NO2. The van der Waals surface area contributed by atoms with Crippen molar-refractivity contribution < 1.29 is 9.53 Å². The molecule has 0 aromatic heterocycles. The Labute approximate surface area is 196 Å². The van der Waals surface area contributed by atoms with Gasteiger partial charge in [0.15, 0.2) is 0 Å². The summed E-state index contributed by atoms with van der Waals surface area (Å²) in [4.78, 5) is 14.5. The average molecular weight is 440 g/mol. The Kier molecular flexibility index (Phi) is 23.6. The highest BCUT2D eigenvalue weighted by molar-refractivity contribution is 5.69. The first-order valence-electron chi connectivity index (χ1n) is 14.1. The van der Waals surface area contributed by atoms with Crippen molar-refractivity contribution in [2.45, 2.75) is 143 Å². The summed E-state index contributed by atoms with van der Waals surface area (Å²) in [6, 6.07) is 0. The molecule has 0 aromatic carbocycles. The minimum absolute atomic E-state index is 0.0226. The van der Waals surface area contributed by atoms with Crippen molar-refractivity contribution in [1.82, 2.24) is 4.90 Å². The standard InChI is InChI=1S/C28H57NO2/c1-5-9-21-27(22-10-6-2)24-26-31-28(30)23-19-17-15-13-11-12-14-16-18-20-25-29(7-3)8-4/h27H,5-26H2,1-4H3. The highest BCUT2D eigenvalue weighted by Crippen LogP contribution is 2.20. The number of rotatable bonds is 24. The lowest BCUT2D eigenvalue weighted by molar-refractivity contribution is -0.144. The second-order valence-electron chi connectivity index (χ2n) is 9.47. The minimum atomic E-state index is 0.0226. The van der Waals surface area contributed by atoms with E-state index in [2.05, 4.69) is 32.6 Å². The lowest BCUT2D eigenvalue weighted by atomic mass is 9.93. The largest absolute Gasteiger partial charge is 0.466 e. The molecule has 0 aliphatic carbocycles. The van der Waals surface area contributed by atoms with Crippen LogP contribution in [-0.2, 0) is 9.53 Å². The molecule has 0 N–H and O–H groups in total. The van der Waals surface area contributed by atoms with Gasteiger partial charge in [-0.25, -0.2) is 0 Å². The number of hydrogen-bond acceptors (Lipinski definition) is 3. The summed E-state index contributed by atoms with van der Waals surface area (Å²) in [5.41, 5.74) is 0. The molecule has 0 aromatic rings. The quantitative estimate of drug-likeness (QED) is 0.111. The van der Waals surface area contributed by atoms with Crippen molar-refractivity contribution in [2.75, 3.05) is 26.2 Å². The number of nitrogens with zero attached hydrogens (tertiary/aromatic N) is 1. The molecule has 0 radical (unpaired) electrons. The van der Waals surface area contributed by atoms with E-state index in [1.54, 1.807) is 0 Å². The fourth-order valence-electron chi connectivity index (χ4n) is 4.39. The maximum Gasteiger partial charge on any atom is 0.305 e. The lowest BCUT2D eigenvalue weighted by Gasteiger charge is -2.17. The van der Waals surface area contributed by atoms with Gasteiger partial charge in [0.1, 0.15) is 0 Å². The van der Waals surface area contributed by atoms with Gasteiger partial charge in [0, 0.05) is 6.42 Å². The van der Waals surface area contributed by atoms with E-state index in [0.29, 0.717) is 13.0 Å². The first-order chi connectivity index (χ1) is 15.2. The molecule has 0 aliphatic rings. The van der Waals surface area contributed by atoms with Crippen molar-refractivity contribution in [2.24, 2.45) is 5.92 Å². The summed E-state index contributed by atoms with van der Waals surface area (Å²) in [6.07, 6.45) is 22.4. The van der Waals surface area contributed by atoms with Gasteiger partial charge in [-0.15, -0.1) is 0 Å². The minimum Gasteiger partial charge on any atom is -0.466 e. The fraction of sp³-hybridized carbons (Fsp3) is 0.964. The molecule has 0 unspecified atom stereocenters. The Morgan fingerprint density at radius 1 is 0.645 bits per heavy atom. The third-order valence-electron chi connectivity index (χ3n) is 6.72. The Bertz CT molecular complexity index is 360. The smallest absolute Gasteiger partial charge is 0.305 e. The van der Waals surface area contributed by atoms with Gasteiger partial charge in [-0.2, -0.15) is 0 Å². The van der Waals surface area contributed by atoms with E-state index in [1.165, 1.54) is 116 Å². The van der Waals surface area contributed by atoms with E-state index in [1.807, 2.05) is 0 Å². The number of carbonyl (C=O) groups excluding carboxylic acids is 1. The summed E-state index contributed by atoms with van der Waals surface area (Å²) >= 11 is 0. The summed E-state index contributed by atoms with van der Waals surface area (Å²) in [6.45, 7) is 13.3. The summed E-state index contributed by atoms with van der Waals surface area (Å²) in [7, 11) is 0. The van der Waals surface area contributed by atoms with Gasteiger partial charge in [-0.1, -0.05) is 118 Å². The predicted octanol–water partition coefficient (Wildman–Crippen LogP) is 8.55. The third kappa shape index (κ3) is 21.1. The zero-order valence-corrected chi connectivity index (χ0v) is 21.9. The zero-order valence-electron chi connectivity index (χ0n) is 21.9. The SMILES string of the molecule is CCCCC(CCCC)CCOC(=O)CCCCCCCCCCCCN(CC)CC. The number of esters is 1. The molecule has 0 atom stereocenters. The predicted molar refractivity (Wildman–Crippen MR) is 137 cm³/mol. The molecule has 3 heteroatoms. The van der Waals surface area contributed by atoms with Gasteiger partial charge in [0.2, 0.25) is 0 Å². The van der Waals surface area contributed by atoms with Crippen LogP contribution >= 0.6 is 0 Å². The van der Waals surface area contributed by atoms with Gasteiger partial charge in [0.05, 0.1) is 6.61 Å². The molecular weight excluding hydrogens is 382 g/mol. The highest BCUT2D eigenvalue weighted by atomic mass is 16.5. The van der Waals surface area contributed by atoms with Crippen LogP contribution in [0.3, 0.4) is 0 Å². The van der Waals surface area contributed by atoms with Gasteiger partial charge < -0.3 is 9.64 Å². The molecule has 0 spiro atoms. The van der Waals surface area contributed by atoms with Crippen LogP contribution in [0.1, 0.15) is 143 Å². The highest BCUT2D eigenvalue weighted by Gasteiger charge is 2.10. The molecule has 0 saturated heterocycles. The van der Waals surface area contributed by atoms with Crippen LogP contribution in [0.25, 0.3) is 0 Å². The first-order valence-corrected chi connectivity index (χ1v) is 14.1. The third-order valence-corrected chi connectivity index (χ3v) is 6.72. The summed E-state index contributed by atoms with van der Waals surface area (Å²) in [5, 5.41) is 0. The van der Waals surface area contributed by atoms with Crippen molar-refractivity contribution in [1.29, 1.82) is 0 Å². The molecule has 0 rings (SSSR count). The molecule has 3 nitrogen and oxygen atoms in total. The van der Waals surface area contributed by atoms with E-state index >= 15 is 0 Å². The molecule has 0 aliphatic heterocycles. The van der Waals surface area contributed by atoms with E-state index in [-0.39, 0.29) is 5.97 Å². The van der Waals surface area contributed by atoms with Gasteiger partial charge in [-0.05, 0) is 44.8 Å². The van der Waals surface area contributed by atoms with E-state index in [4.69, 9.17) is 4.74 Å². The van der Waals surface area contributed by atoms with E-state index in [0.717, 1.165) is 18.8 Å². The fourth-order valence-corrected chi connectivity index (χ4v) is 4.39. The Balaban J connectivity index is 3.45. The van der Waals surface area contributed by atoms with Crippen LogP contribution in [0.15, 0.2) is 0 Å². The number of ether oxygens (including phenoxy) is 1. The second-order valence-corrected chi connectivity index (χ2v) is 9.47. The van der Waals surface area contributed by atoms with Crippen molar-refractivity contribution in [3.05, 3.63) is 0 Å². The molecule has 0 bridgehead atoms. The topological polar surface area (TPSA) is 29.5 Å². The second kappa shape index (κ2) is 24.1. The van der Waals surface area contributed by atoms with E-state index < -0.39 is 0 Å². The van der Waals surface area contributed by atoms with Crippen LogP contribution in [0.5, 0.6) is 0 Å². The van der Waals surface area contributed by atoms with Crippen molar-refractivity contribution in [3.63, 3.8) is 0 Å². The van der Waals surface area contributed by atoms with Gasteiger partial charge in [0.25, 0.3) is 0 Å². The van der Waals surface area contributed by atoms with Gasteiger partial charge in [-0.3, -0.25) is 4.79 Å². The van der Waals surface area contributed by atoms with Crippen molar-refractivity contribution in [3.8, 4) is 0 Å². The average Bonchev–Trinajstić information content (AvgIpc) is 2.78. The van der Waals surface area contributed by atoms with Crippen LogP contribution < -0.4 is 0 Å². The Hall–Kier alpha value is -0.570. The molecule has 0 amide bonds. The maximum atomic E-state index is 12.0. The van der Waals surface area contributed by atoms with Gasteiger partial charge >= 0.3 is 5.97 Å². The molecule has 0 fully saturated rings. The molecule has 186 valence electrons. The first kappa shape index (κ1) is 30.4. The van der Waals surface area contributed by atoms with Crippen LogP contribution in [0.2, 0.25) is 0 Å². The van der Waals surface area contributed by atoms with Crippen LogP contribution in [-0.4, -0.2) is 37.1 Å². The molecule has 31 heavy (non-hydrogen) atoms. The Morgan fingerprint density at radius 3 is 1.61 bits per heavy atom. The number of carbonyl (C=O) groups is 1. The Morgan fingerprint density at radius 2 is 1.13 bits per heavy atom. The monoisotopic (exact) mass is 439 g/mol. The number of hydrogen-bond donors (Lipinski definition) is 0. The van der Waals surface area contributed by atoms with Crippen LogP contribution in [0.4, 0.5) is 0 Å². The number of unbranched alkanes of at least 4 members (excludes halogenated alkanes) is 11. The summed E-state index contributed by atoms with van der Waals surface area (Å²) in [5.74, 6) is 0.768. The molecule has 0 saturated carbocycles.